The quantitative estimate of drug-likeness (QED) is 0.837. The Morgan fingerprint density at radius 3 is 2.61 bits per heavy atom. The van der Waals surface area contributed by atoms with Crippen LogP contribution in [0.5, 0.6) is 0 Å². The highest BCUT2D eigenvalue weighted by atomic mass is 16.1. The average Bonchev–Trinajstić information content (AvgIpc) is 2.90. The summed E-state index contributed by atoms with van der Waals surface area (Å²) in [6.45, 7) is 2.45. The van der Waals surface area contributed by atoms with Gasteiger partial charge in [-0.1, -0.05) is 43.2 Å². The van der Waals surface area contributed by atoms with E-state index < -0.39 is 0 Å². The van der Waals surface area contributed by atoms with Crippen molar-refractivity contribution in [1.29, 1.82) is 0 Å². The smallest absolute Gasteiger partial charge is 0.234 e. The van der Waals surface area contributed by atoms with E-state index in [1.165, 1.54) is 25.7 Å². The Bertz CT molecular complexity index is 371. The van der Waals surface area contributed by atoms with Gasteiger partial charge in [0.1, 0.15) is 0 Å². The van der Waals surface area contributed by atoms with Crippen LogP contribution in [0.3, 0.4) is 0 Å². The molecular formula is C15H22N2O. The predicted molar refractivity (Wildman–Crippen MR) is 73.3 cm³/mol. The third kappa shape index (κ3) is 3.84. The van der Waals surface area contributed by atoms with E-state index >= 15 is 0 Å². The lowest BCUT2D eigenvalue weighted by molar-refractivity contribution is -0.121. The molecular weight excluding hydrogens is 224 g/mol. The van der Waals surface area contributed by atoms with Crippen molar-refractivity contribution < 1.29 is 4.79 Å². The highest BCUT2D eigenvalue weighted by Crippen LogP contribution is 2.17. The topological polar surface area (TPSA) is 41.1 Å². The van der Waals surface area contributed by atoms with Crippen molar-refractivity contribution in [2.45, 2.75) is 44.7 Å². The summed E-state index contributed by atoms with van der Waals surface area (Å²) >= 11 is 0. The van der Waals surface area contributed by atoms with Crippen LogP contribution < -0.4 is 10.6 Å². The Kier molecular flexibility index (Phi) is 4.76. The van der Waals surface area contributed by atoms with E-state index in [0.29, 0.717) is 12.6 Å². The fourth-order valence-corrected chi connectivity index (χ4v) is 2.48. The molecule has 3 heteroatoms. The number of nitrogens with one attached hydrogen (secondary N) is 2. The summed E-state index contributed by atoms with van der Waals surface area (Å²) in [6.07, 6.45) is 5.00. The number of hydrogen-bond acceptors (Lipinski definition) is 2. The molecule has 1 atom stereocenters. The molecule has 0 heterocycles. The van der Waals surface area contributed by atoms with Crippen LogP contribution in [0.15, 0.2) is 30.3 Å². The first kappa shape index (κ1) is 13.1. The minimum absolute atomic E-state index is 0.0732. The van der Waals surface area contributed by atoms with Gasteiger partial charge in [-0.2, -0.15) is 0 Å². The van der Waals surface area contributed by atoms with Crippen LogP contribution in [-0.2, 0) is 4.79 Å². The first-order valence-corrected chi connectivity index (χ1v) is 6.83. The molecule has 3 nitrogen and oxygen atoms in total. The highest BCUT2D eigenvalue weighted by Gasteiger charge is 2.16. The molecule has 1 aromatic rings. The largest absolute Gasteiger partial charge is 0.348 e. The van der Waals surface area contributed by atoms with Gasteiger partial charge in [-0.05, 0) is 25.3 Å². The molecule has 18 heavy (non-hydrogen) atoms. The summed E-state index contributed by atoms with van der Waals surface area (Å²) in [7, 11) is 0. The lowest BCUT2D eigenvalue weighted by Crippen LogP contribution is -2.39. The van der Waals surface area contributed by atoms with E-state index in [2.05, 4.69) is 10.6 Å². The van der Waals surface area contributed by atoms with Crippen molar-refractivity contribution in [3.05, 3.63) is 35.9 Å². The molecule has 1 aromatic carbocycles. The maximum Gasteiger partial charge on any atom is 0.234 e. The van der Waals surface area contributed by atoms with Gasteiger partial charge >= 0.3 is 0 Å². The summed E-state index contributed by atoms with van der Waals surface area (Å²) in [4.78, 5) is 11.8. The number of benzene rings is 1. The lowest BCUT2D eigenvalue weighted by atomic mass is 10.1. The van der Waals surface area contributed by atoms with Crippen molar-refractivity contribution in [3.8, 4) is 0 Å². The first-order chi connectivity index (χ1) is 8.75. The van der Waals surface area contributed by atoms with Gasteiger partial charge in [0.15, 0.2) is 0 Å². The second kappa shape index (κ2) is 6.55. The minimum atomic E-state index is 0.0732. The van der Waals surface area contributed by atoms with E-state index in [9.17, 15) is 4.79 Å². The number of carbonyl (C=O) groups excluding carboxylic acids is 1. The van der Waals surface area contributed by atoms with Gasteiger partial charge in [-0.25, -0.2) is 0 Å². The van der Waals surface area contributed by atoms with Gasteiger partial charge < -0.3 is 10.6 Å². The Morgan fingerprint density at radius 1 is 1.28 bits per heavy atom. The summed E-state index contributed by atoms with van der Waals surface area (Å²) in [5.74, 6) is 0.0817. The van der Waals surface area contributed by atoms with Gasteiger partial charge in [0, 0.05) is 6.04 Å². The molecule has 1 saturated carbocycles. The average molecular weight is 246 g/mol. The maximum absolute atomic E-state index is 11.8. The molecule has 0 aliphatic heterocycles. The lowest BCUT2D eigenvalue weighted by Gasteiger charge is -2.16. The van der Waals surface area contributed by atoms with Gasteiger partial charge in [-0.15, -0.1) is 0 Å². The molecule has 0 radical (unpaired) electrons. The van der Waals surface area contributed by atoms with E-state index in [0.717, 1.165) is 5.56 Å². The van der Waals surface area contributed by atoms with E-state index in [-0.39, 0.29) is 11.9 Å². The summed E-state index contributed by atoms with van der Waals surface area (Å²) < 4.78 is 0. The number of amides is 1. The number of carbonyl (C=O) groups is 1. The van der Waals surface area contributed by atoms with Crippen molar-refractivity contribution >= 4 is 5.91 Å². The van der Waals surface area contributed by atoms with Crippen LogP contribution >= 0.6 is 0 Å². The highest BCUT2D eigenvalue weighted by molar-refractivity contribution is 5.78. The summed E-state index contributed by atoms with van der Waals surface area (Å²) in [6, 6.07) is 10.7. The molecule has 0 bridgehead atoms. The van der Waals surface area contributed by atoms with Crippen molar-refractivity contribution in [1.82, 2.24) is 10.6 Å². The predicted octanol–water partition coefficient (Wildman–Crippen LogP) is 2.40. The van der Waals surface area contributed by atoms with Gasteiger partial charge in [0.05, 0.1) is 12.6 Å². The molecule has 2 N–H and O–H groups in total. The molecule has 1 aliphatic rings. The molecule has 1 unspecified atom stereocenters. The summed E-state index contributed by atoms with van der Waals surface area (Å²) in [5, 5.41) is 6.34. The number of hydrogen-bond donors (Lipinski definition) is 2. The molecule has 0 spiro atoms. The second-order valence-corrected chi connectivity index (χ2v) is 5.06. The zero-order valence-electron chi connectivity index (χ0n) is 11.0. The molecule has 0 saturated heterocycles. The van der Waals surface area contributed by atoms with Crippen molar-refractivity contribution in [3.63, 3.8) is 0 Å². The zero-order valence-corrected chi connectivity index (χ0v) is 11.0. The first-order valence-electron chi connectivity index (χ1n) is 6.83. The third-order valence-electron chi connectivity index (χ3n) is 3.58. The summed E-state index contributed by atoms with van der Waals surface area (Å²) in [5.41, 5.74) is 1.15. The van der Waals surface area contributed by atoms with E-state index in [1.807, 2.05) is 37.3 Å². The molecule has 2 rings (SSSR count). The van der Waals surface area contributed by atoms with Crippen LogP contribution in [-0.4, -0.2) is 18.5 Å². The SMILES string of the molecule is CC(NC(=O)CNC1CCCC1)c1ccccc1. The molecule has 1 fully saturated rings. The molecule has 1 amide bonds. The Hall–Kier alpha value is -1.35. The monoisotopic (exact) mass is 246 g/mol. The Balaban J connectivity index is 1.73. The fraction of sp³-hybridized carbons (Fsp3) is 0.533. The number of rotatable bonds is 5. The van der Waals surface area contributed by atoms with E-state index in [1.54, 1.807) is 0 Å². The van der Waals surface area contributed by atoms with Crippen LogP contribution in [0.2, 0.25) is 0 Å². The molecule has 0 aromatic heterocycles. The fourth-order valence-electron chi connectivity index (χ4n) is 2.48. The van der Waals surface area contributed by atoms with Crippen LogP contribution in [0.4, 0.5) is 0 Å². The molecule has 1 aliphatic carbocycles. The Morgan fingerprint density at radius 2 is 1.94 bits per heavy atom. The van der Waals surface area contributed by atoms with Crippen molar-refractivity contribution in [2.75, 3.05) is 6.54 Å². The maximum atomic E-state index is 11.8. The van der Waals surface area contributed by atoms with Crippen LogP contribution in [0.25, 0.3) is 0 Å². The normalized spacial score (nSPS) is 17.6. The van der Waals surface area contributed by atoms with Gasteiger partial charge in [0.2, 0.25) is 5.91 Å². The van der Waals surface area contributed by atoms with Crippen LogP contribution in [0, 0.1) is 0 Å². The second-order valence-electron chi connectivity index (χ2n) is 5.06. The van der Waals surface area contributed by atoms with Crippen molar-refractivity contribution in [2.24, 2.45) is 0 Å². The minimum Gasteiger partial charge on any atom is -0.348 e. The van der Waals surface area contributed by atoms with E-state index in [4.69, 9.17) is 0 Å². The van der Waals surface area contributed by atoms with Gasteiger partial charge in [-0.3, -0.25) is 4.79 Å². The van der Waals surface area contributed by atoms with Gasteiger partial charge in [0.25, 0.3) is 0 Å². The standard InChI is InChI=1S/C15H22N2O/c1-12(13-7-3-2-4-8-13)17-15(18)11-16-14-9-5-6-10-14/h2-4,7-8,12,14,16H,5-6,9-11H2,1H3,(H,17,18). The third-order valence-corrected chi connectivity index (χ3v) is 3.58. The van der Waals surface area contributed by atoms with Crippen LogP contribution in [0.1, 0.15) is 44.2 Å². The Labute approximate surface area is 109 Å². The zero-order chi connectivity index (χ0) is 12.8. The molecule has 98 valence electrons.